The summed E-state index contributed by atoms with van der Waals surface area (Å²) in [6.07, 6.45) is 1.18. The molecule has 0 aliphatic carbocycles. The van der Waals surface area contributed by atoms with Crippen LogP contribution in [0.15, 0.2) is 72.8 Å². The molecule has 6 heteroatoms. The van der Waals surface area contributed by atoms with Crippen LogP contribution in [0.1, 0.15) is 36.2 Å². The van der Waals surface area contributed by atoms with Crippen molar-refractivity contribution in [3.63, 3.8) is 0 Å². The molecule has 1 aliphatic rings. The summed E-state index contributed by atoms with van der Waals surface area (Å²) < 4.78 is 5.88. The van der Waals surface area contributed by atoms with Gasteiger partial charge in [0.1, 0.15) is 5.75 Å². The van der Waals surface area contributed by atoms with E-state index in [2.05, 4.69) is 24.1 Å². The first-order valence-corrected chi connectivity index (χ1v) is 11.9. The molecule has 0 atom stereocenters. The molecule has 3 aromatic carbocycles. The molecule has 2 amide bonds. The smallest absolute Gasteiger partial charge is 0.257 e. The number of fused-ring (bicyclic) bond motifs is 2. The molecule has 0 saturated heterocycles. The maximum Gasteiger partial charge on any atom is 0.257 e. The summed E-state index contributed by atoms with van der Waals surface area (Å²) in [5, 5.41) is 2.92. The molecule has 1 heterocycles. The van der Waals surface area contributed by atoms with Gasteiger partial charge in [-0.1, -0.05) is 50.2 Å². The molecule has 0 aromatic heterocycles. The van der Waals surface area contributed by atoms with Gasteiger partial charge in [-0.2, -0.15) is 0 Å². The van der Waals surface area contributed by atoms with E-state index in [9.17, 15) is 9.59 Å². The number of rotatable bonds is 9. The molecule has 1 N–H and O–H groups in total. The molecule has 6 nitrogen and oxygen atoms in total. The first-order valence-electron chi connectivity index (χ1n) is 11.9. The largest absolute Gasteiger partial charge is 0.494 e. The zero-order chi connectivity index (χ0) is 23.9. The molecule has 176 valence electrons. The molecule has 3 aromatic rings. The highest BCUT2D eigenvalue weighted by molar-refractivity contribution is 6.17. The number of anilines is 3. The van der Waals surface area contributed by atoms with Crippen LogP contribution in [0.3, 0.4) is 0 Å². The lowest BCUT2D eigenvalue weighted by Gasteiger charge is -2.24. The van der Waals surface area contributed by atoms with Gasteiger partial charge < -0.3 is 15.0 Å². The molecule has 0 unspecified atom stereocenters. The number of nitrogens with zero attached hydrogens (tertiary/aromatic N) is 2. The summed E-state index contributed by atoms with van der Waals surface area (Å²) in [7, 11) is 0. The normalized spacial score (nSPS) is 12.6. The summed E-state index contributed by atoms with van der Waals surface area (Å²) >= 11 is 0. The minimum atomic E-state index is -0.221. The predicted molar refractivity (Wildman–Crippen MR) is 136 cm³/mol. The van der Waals surface area contributed by atoms with Crippen molar-refractivity contribution < 1.29 is 14.3 Å². The number of carbonyl (C=O) groups is 2. The molecule has 1 aliphatic heterocycles. The summed E-state index contributed by atoms with van der Waals surface area (Å²) in [6, 6.07) is 22.2. The van der Waals surface area contributed by atoms with E-state index in [0.717, 1.165) is 37.4 Å². The van der Waals surface area contributed by atoms with E-state index in [1.54, 1.807) is 17.0 Å². The van der Waals surface area contributed by atoms with E-state index in [1.165, 1.54) is 0 Å². The Morgan fingerprint density at radius 3 is 2.32 bits per heavy atom. The minimum absolute atomic E-state index is 0.107. The van der Waals surface area contributed by atoms with Gasteiger partial charge in [0, 0.05) is 6.54 Å². The summed E-state index contributed by atoms with van der Waals surface area (Å²) in [6.45, 7) is 8.13. The highest BCUT2D eigenvalue weighted by Crippen LogP contribution is 2.38. The Morgan fingerprint density at radius 2 is 1.59 bits per heavy atom. The highest BCUT2D eigenvalue weighted by atomic mass is 16.5. The van der Waals surface area contributed by atoms with Gasteiger partial charge >= 0.3 is 0 Å². The van der Waals surface area contributed by atoms with Gasteiger partial charge in [0.25, 0.3) is 5.91 Å². The summed E-state index contributed by atoms with van der Waals surface area (Å²) in [5.74, 6) is 0.473. The van der Waals surface area contributed by atoms with E-state index in [1.807, 2.05) is 60.7 Å². The lowest BCUT2D eigenvalue weighted by Crippen LogP contribution is -2.28. The fourth-order valence-corrected chi connectivity index (χ4v) is 4.20. The number of amides is 2. The van der Waals surface area contributed by atoms with E-state index < -0.39 is 0 Å². The summed E-state index contributed by atoms with van der Waals surface area (Å²) in [4.78, 5) is 30.3. The molecule has 0 bridgehead atoms. The van der Waals surface area contributed by atoms with Gasteiger partial charge in [-0.15, -0.1) is 0 Å². The predicted octanol–water partition coefficient (Wildman–Crippen LogP) is 5.27. The van der Waals surface area contributed by atoms with Crippen LogP contribution in [-0.4, -0.2) is 43.0 Å². The molecule has 4 rings (SSSR count). The second kappa shape index (κ2) is 11.0. The molecule has 0 radical (unpaired) electrons. The van der Waals surface area contributed by atoms with Crippen molar-refractivity contribution in [1.29, 1.82) is 0 Å². The Morgan fingerprint density at radius 1 is 0.912 bits per heavy atom. The van der Waals surface area contributed by atoms with Crippen molar-refractivity contribution in [2.24, 2.45) is 0 Å². The molecule has 0 fully saturated rings. The average Bonchev–Trinajstić information content (AvgIpc) is 2.99. The zero-order valence-corrected chi connectivity index (χ0v) is 19.8. The van der Waals surface area contributed by atoms with E-state index in [-0.39, 0.29) is 18.2 Å². The molecular weight excluding hydrogens is 426 g/mol. The number of carbonyl (C=O) groups excluding carboxylic acids is 2. The van der Waals surface area contributed by atoms with Crippen LogP contribution in [0.4, 0.5) is 17.1 Å². The third-order valence-electron chi connectivity index (χ3n) is 6.09. The standard InChI is InChI=1S/C28H31N3O3/c1-3-30(4-2)18-9-19-34-22-16-14-21(15-17-22)20-27(32)31-25-12-7-5-10-23(25)28(33)29-24-11-6-8-13-26(24)31/h5-8,10-17H,3-4,9,18-20H2,1-2H3,(H,29,33). The van der Waals surface area contributed by atoms with Crippen LogP contribution >= 0.6 is 0 Å². The Bertz CT molecular complexity index is 1140. The van der Waals surface area contributed by atoms with Crippen LogP contribution in [-0.2, 0) is 11.2 Å². The van der Waals surface area contributed by atoms with Gasteiger partial charge in [0.2, 0.25) is 5.91 Å². The fourth-order valence-electron chi connectivity index (χ4n) is 4.20. The Balaban J connectivity index is 1.47. The van der Waals surface area contributed by atoms with Gasteiger partial charge in [-0.25, -0.2) is 0 Å². The number of para-hydroxylation sites is 3. The van der Waals surface area contributed by atoms with Gasteiger partial charge in [-0.3, -0.25) is 14.5 Å². The molecule has 34 heavy (non-hydrogen) atoms. The van der Waals surface area contributed by atoms with Crippen LogP contribution < -0.4 is 15.0 Å². The zero-order valence-electron chi connectivity index (χ0n) is 19.8. The molecule has 0 saturated carbocycles. The Kier molecular flexibility index (Phi) is 7.60. The van der Waals surface area contributed by atoms with E-state index in [4.69, 9.17) is 4.74 Å². The highest BCUT2D eigenvalue weighted by Gasteiger charge is 2.28. The number of hydrogen-bond donors (Lipinski definition) is 1. The number of ether oxygens (including phenoxy) is 1. The van der Waals surface area contributed by atoms with Gasteiger partial charge in [-0.05, 0) is 61.5 Å². The van der Waals surface area contributed by atoms with Crippen LogP contribution in [0, 0.1) is 0 Å². The van der Waals surface area contributed by atoms with Crippen molar-refractivity contribution >= 4 is 28.9 Å². The molecule has 0 spiro atoms. The first kappa shape index (κ1) is 23.5. The summed E-state index contributed by atoms with van der Waals surface area (Å²) in [5.41, 5.74) is 3.23. The van der Waals surface area contributed by atoms with Crippen molar-refractivity contribution in [3.8, 4) is 5.75 Å². The molecular formula is C28H31N3O3. The quantitative estimate of drug-likeness (QED) is 0.445. The van der Waals surface area contributed by atoms with Crippen LogP contribution in [0.25, 0.3) is 0 Å². The Hall–Kier alpha value is -3.64. The monoisotopic (exact) mass is 457 g/mol. The van der Waals surface area contributed by atoms with Gasteiger partial charge in [0.15, 0.2) is 0 Å². The third kappa shape index (κ3) is 5.29. The van der Waals surface area contributed by atoms with Gasteiger partial charge in [0.05, 0.1) is 35.7 Å². The maximum atomic E-state index is 13.5. The van der Waals surface area contributed by atoms with Crippen molar-refractivity contribution in [2.45, 2.75) is 26.7 Å². The second-order valence-corrected chi connectivity index (χ2v) is 8.27. The Labute approximate surface area is 201 Å². The van der Waals surface area contributed by atoms with Crippen LogP contribution in [0.2, 0.25) is 0 Å². The minimum Gasteiger partial charge on any atom is -0.494 e. The first-order chi connectivity index (χ1) is 16.6. The SMILES string of the molecule is CCN(CC)CCCOc1ccc(CC(=O)N2c3ccccc3NC(=O)c3ccccc32)cc1. The van der Waals surface area contributed by atoms with Crippen molar-refractivity contribution in [2.75, 3.05) is 36.5 Å². The second-order valence-electron chi connectivity index (χ2n) is 8.27. The van der Waals surface area contributed by atoms with Crippen molar-refractivity contribution in [3.05, 3.63) is 83.9 Å². The lowest BCUT2D eigenvalue weighted by atomic mass is 10.1. The topological polar surface area (TPSA) is 61.9 Å². The maximum absolute atomic E-state index is 13.5. The third-order valence-corrected chi connectivity index (χ3v) is 6.09. The number of hydrogen-bond acceptors (Lipinski definition) is 4. The van der Waals surface area contributed by atoms with E-state index >= 15 is 0 Å². The van der Waals surface area contributed by atoms with Crippen molar-refractivity contribution in [1.82, 2.24) is 4.90 Å². The lowest BCUT2D eigenvalue weighted by molar-refractivity contribution is -0.117. The number of nitrogens with one attached hydrogen (secondary N) is 1. The number of benzene rings is 3. The average molecular weight is 458 g/mol. The van der Waals surface area contributed by atoms with E-state index in [0.29, 0.717) is 29.2 Å². The van der Waals surface area contributed by atoms with Crippen LogP contribution in [0.5, 0.6) is 5.75 Å². The fraction of sp³-hybridized carbons (Fsp3) is 0.286.